The fraction of sp³-hybridized carbons (Fsp3) is 0.789. The highest BCUT2D eigenvalue weighted by molar-refractivity contribution is 5.80. The normalized spacial score (nSPS) is 28.4. The standard InChI is InChI=1S/C19H32N4O2/c1-7-20-17(22-11-14-21-10-13(25-14)18(2,3)4)23-15-12-8-9-24-16(12)19(15,5)6/h10,12,15-16H,7-9,11H2,1-6H3,(H2,20,22,23). The number of rotatable bonds is 4. The number of guanidine groups is 1. The van der Waals surface area contributed by atoms with Crippen molar-refractivity contribution in [3.63, 3.8) is 0 Å². The summed E-state index contributed by atoms with van der Waals surface area (Å²) in [6, 6.07) is 0.382. The molecule has 2 aliphatic rings. The van der Waals surface area contributed by atoms with E-state index in [9.17, 15) is 0 Å². The minimum atomic E-state index is -0.0366. The molecule has 2 heterocycles. The maximum absolute atomic E-state index is 5.88. The number of aromatic nitrogens is 1. The van der Waals surface area contributed by atoms with Gasteiger partial charge in [0.15, 0.2) is 5.96 Å². The van der Waals surface area contributed by atoms with Crippen LogP contribution >= 0.6 is 0 Å². The summed E-state index contributed by atoms with van der Waals surface area (Å²) in [6.07, 6.45) is 3.30. The van der Waals surface area contributed by atoms with E-state index in [1.807, 2.05) is 0 Å². The van der Waals surface area contributed by atoms with Crippen LogP contribution in [-0.4, -0.2) is 36.2 Å². The second-order valence-corrected chi connectivity index (χ2v) is 8.75. The molecule has 0 radical (unpaired) electrons. The number of hydrogen-bond donors (Lipinski definition) is 2. The first-order valence-electron chi connectivity index (χ1n) is 9.35. The van der Waals surface area contributed by atoms with Crippen molar-refractivity contribution >= 4 is 5.96 Å². The van der Waals surface area contributed by atoms with Gasteiger partial charge in [-0.25, -0.2) is 9.98 Å². The van der Waals surface area contributed by atoms with Crippen LogP contribution in [0.15, 0.2) is 15.6 Å². The largest absolute Gasteiger partial charge is 0.443 e. The Kier molecular flexibility index (Phi) is 4.84. The minimum Gasteiger partial charge on any atom is -0.443 e. The first kappa shape index (κ1) is 18.2. The molecule has 0 bridgehead atoms. The van der Waals surface area contributed by atoms with E-state index in [0.29, 0.717) is 30.5 Å². The van der Waals surface area contributed by atoms with E-state index in [4.69, 9.17) is 9.15 Å². The number of nitrogens with zero attached hydrogens (tertiary/aromatic N) is 2. The summed E-state index contributed by atoms with van der Waals surface area (Å²) in [5.74, 6) is 2.94. The third-order valence-electron chi connectivity index (χ3n) is 5.40. The Hall–Kier alpha value is -1.56. The highest BCUT2D eigenvalue weighted by atomic mass is 16.5. The van der Waals surface area contributed by atoms with Crippen LogP contribution in [0.3, 0.4) is 0 Å². The van der Waals surface area contributed by atoms with Crippen molar-refractivity contribution in [1.82, 2.24) is 15.6 Å². The second-order valence-electron chi connectivity index (χ2n) is 8.75. The highest BCUT2D eigenvalue weighted by Crippen LogP contribution is 2.52. The van der Waals surface area contributed by atoms with Gasteiger partial charge in [-0.1, -0.05) is 34.6 Å². The maximum atomic E-state index is 5.88. The first-order chi connectivity index (χ1) is 11.7. The zero-order valence-electron chi connectivity index (χ0n) is 16.3. The average molecular weight is 348 g/mol. The van der Waals surface area contributed by atoms with Crippen LogP contribution in [0.1, 0.15) is 59.6 Å². The second kappa shape index (κ2) is 6.63. The molecule has 3 unspecified atom stereocenters. The van der Waals surface area contributed by atoms with Crippen LogP contribution in [0.25, 0.3) is 0 Å². The molecule has 25 heavy (non-hydrogen) atoms. The third kappa shape index (κ3) is 3.54. The van der Waals surface area contributed by atoms with Crippen LogP contribution < -0.4 is 10.6 Å². The van der Waals surface area contributed by atoms with Crippen molar-refractivity contribution in [1.29, 1.82) is 0 Å². The van der Waals surface area contributed by atoms with Gasteiger partial charge in [0, 0.05) is 35.9 Å². The molecule has 1 aromatic heterocycles. The molecular formula is C19H32N4O2. The van der Waals surface area contributed by atoms with Gasteiger partial charge < -0.3 is 19.8 Å². The molecule has 1 aliphatic heterocycles. The summed E-state index contributed by atoms with van der Waals surface area (Å²) in [7, 11) is 0. The molecule has 0 aromatic carbocycles. The fourth-order valence-corrected chi connectivity index (χ4v) is 3.96. The number of ether oxygens (including phenoxy) is 1. The lowest BCUT2D eigenvalue weighted by molar-refractivity contribution is -0.106. The molecule has 2 fully saturated rings. The summed E-state index contributed by atoms with van der Waals surface area (Å²) in [5, 5.41) is 6.95. The van der Waals surface area contributed by atoms with Gasteiger partial charge in [-0.3, -0.25) is 0 Å². The Balaban J connectivity index is 1.66. The lowest BCUT2D eigenvalue weighted by atomic mass is 9.57. The van der Waals surface area contributed by atoms with Gasteiger partial charge in [-0.05, 0) is 13.3 Å². The Bertz CT molecular complexity index is 630. The average Bonchev–Trinajstić information content (AvgIpc) is 3.17. The molecule has 2 N–H and O–H groups in total. The Labute approximate surface area is 150 Å². The molecule has 1 aliphatic carbocycles. The van der Waals surface area contributed by atoms with E-state index in [0.717, 1.165) is 31.3 Å². The van der Waals surface area contributed by atoms with Gasteiger partial charge in [-0.15, -0.1) is 0 Å². The molecule has 3 atom stereocenters. The molecule has 1 saturated heterocycles. The summed E-state index contributed by atoms with van der Waals surface area (Å²) in [5.41, 5.74) is 0.0881. The molecular weight excluding hydrogens is 316 g/mol. The number of nitrogens with one attached hydrogen (secondary N) is 2. The summed E-state index contributed by atoms with van der Waals surface area (Å²) < 4.78 is 11.7. The first-order valence-corrected chi connectivity index (χ1v) is 9.35. The van der Waals surface area contributed by atoms with Gasteiger partial charge in [0.05, 0.1) is 12.3 Å². The van der Waals surface area contributed by atoms with E-state index >= 15 is 0 Å². The summed E-state index contributed by atoms with van der Waals surface area (Å²) >= 11 is 0. The number of fused-ring (bicyclic) bond motifs is 1. The van der Waals surface area contributed by atoms with Crippen LogP contribution in [-0.2, 0) is 16.7 Å². The van der Waals surface area contributed by atoms with E-state index in [2.05, 4.69) is 62.2 Å². The summed E-state index contributed by atoms with van der Waals surface area (Å²) in [4.78, 5) is 9.04. The zero-order chi connectivity index (χ0) is 18.2. The molecule has 140 valence electrons. The van der Waals surface area contributed by atoms with E-state index in [1.165, 1.54) is 0 Å². The van der Waals surface area contributed by atoms with Gasteiger partial charge in [0.2, 0.25) is 5.89 Å². The molecule has 6 nitrogen and oxygen atoms in total. The van der Waals surface area contributed by atoms with Crippen LogP contribution in [0.4, 0.5) is 0 Å². The monoisotopic (exact) mass is 348 g/mol. The number of aliphatic imine (C=N–C) groups is 1. The van der Waals surface area contributed by atoms with Crippen molar-refractivity contribution in [2.75, 3.05) is 13.2 Å². The van der Waals surface area contributed by atoms with Crippen molar-refractivity contribution in [2.45, 2.75) is 72.1 Å². The Morgan fingerprint density at radius 3 is 2.80 bits per heavy atom. The van der Waals surface area contributed by atoms with Gasteiger partial charge in [-0.2, -0.15) is 0 Å². The van der Waals surface area contributed by atoms with Gasteiger partial charge >= 0.3 is 0 Å². The fourth-order valence-electron chi connectivity index (χ4n) is 3.96. The zero-order valence-corrected chi connectivity index (χ0v) is 16.3. The van der Waals surface area contributed by atoms with Crippen molar-refractivity contribution < 1.29 is 9.15 Å². The van der Waals surface area contributed by atoms with Crippen molar-refractivity contribution in [3.05, 3.63) is 17.8 Å². The minimum absolute atomic E-state index is 0.0366. The quantitative estimate of drug-likeness (QED) is 0.647. The predicted molar refractivity (Wildman–Crippen MR) is 98.6 cm³/mol. The smallest absolute Gasteiger partial charge is 0.216 e. The van der Waals surface area contributed by atoms with E-state index in [1.54, 1.807) is 6.20 Å². The summed E-state index contributed by atoms with van der Waals surface area (Å²) in [6.45, 7) is 15.1. The topological polar surface area (TPSA) is 71.7 Å². The van der Waals surface area contributed by atoms with Crippen molar-refractivity contribution in [2.24, 2.45) is 16.3 Å². The molecule has 1 aromatic rings. The third-order valence-corrected chi connectivity index (χ3v) is 5.40. The number of hydrogen-bond acceptors (Lipinski definition) is 4. The van der Waals surface area contributed by atoms with Crippen LogP contribution in [0.2, 0.25) is 0 Å². The Morgan fingerprint density at radius 1 is 1.40 bits per heavy atom. The SMILES string of the molecule is CCNC(=NCc1ncc(C(C)(C)C)o1)NC1C2CCOC2C1(C)C. The molecule has 6 heteroatoms. The lowest BCUT2D eigenvalue weighted by Crippen LogP contribution is -2.67. The van der Waals surface area contributed by atoms with Crippen LogP contribution in [0, 0.1) is 11.3 Å². The lowest BCUT2D eigenvalue weighted by Gasteiger charge is -2.54. The molecule has 0 amide bonds. The van der Waals surface area contributed by atoms with Crippen molar-refractivity contribution in [3.8, 4) is 0 Å². The predicted octanol–water partition coefficient (Wildman–Crippen LogP) is 2.84. The molecule has 0 spiro atoms. The van der Waals surface area contributed by atoms with Gasteiger partial charge in [0.1, 0.15) is 12.3 Å². The maximum Gasteiger partial charge on any atom is 0.216 e. The van der Waals surface area contributed by atoms with Gasteiger partial charge in [0.25, 0.3) is 0 Å². The van der Waals surface area contributed by atoms with Crippen LogP contribution in [0.5, 0.6) is 0 Å². The molecule has 1 saturated carbocycles. The highest BCUT2D eigenvalue weighted by Gasteiger charge is 2.59. The Morgan fingerprint density at radius 2 is 2.16 bits per heavy atom. The van der Waals surface area contributed by atoms with E-state index in [-0.39, 0.29) is 10.8 Å². The number of oxazole rings is 1. The molecule has 3 rings (SSSR count). The van der Waals surface area contributed by atoms with E-state index < -0.39 is 0 Å².